The lowest BCUT2D eigenvalue weighted by Gasteiger charge is -2.22. The lowest BCUT2D eigenvalue weighted by molar-refractivity contribution is 0.687. The summed E-state index contributed by atoms with van der Waals surface area (Å²) in [5.74, 6) is 1.02. The number of rotatable bonds is 6. The van der Waals surface area contributed by atoms with Crippen LogP contribution in [0.1, 0.15) is 30.9 Å². The molecule has 3 heteroatoms. The molecule has 1 aliphatic carbocycles. The molecular weight excluding hydrogens is 258 g/mol. The van der Waals surface area contributed by atoms with E-state index in [2.05, 4.69) is 65.4 Å². The summed E-state index contributed by atoms with van der Waals surface area (Å²) >= 11 is 0. The molecule has 21 heavy (non-hydrogen) atoms. The van der Waals surface area contributed by atoms with Crippen molar-refractivity contribution in [3.05, 3.63) is 53.7 Å². The number of nitrogens with zero attached hydrogens (tertiary/aromatic N) is 2. The minimum Gasteiger partial charge on any atom is -0.327 e. The molecule has 3 rings (SSSR count). The topological polar surface area (TPSA) is 28.2 Å². The van der Waals surface area contributed by atoms with Crippen molar-refractivity contribution in [1.82, 2.24) is 10.3 Å². The van der Waals surface area contributed by atoms with Gasteiger partial charge in [-0.2, -0.15) is 0 Å². The van der Waals surface area contributed by atoms with E-state index in [1.807, 2.05) is 6.20 Å². The average Bonchev–Trinajstić information content (AvgIpc) is 3.33. The van der Waals surface area contributed by atoms with Crippen molar-refractivity contribution in [2.24, 2.45) is 0 Å². The summed E-state index contributed by atoms with van der Waals surface area (Å²) in [5.41, 5.74) is 3.78. The van der Waals surface area contributed by atoms with Crippen molar-refractivity contribution < 1.29 is 0 Å². The molecule has 1 heterocycles. The molecule has 0 radical (unpaired) electrons. The Kier molecular flexibility index (Phi) is 4.20. The molecule has 0 bridgehead atoms. The van der Waals surface area contributed by atoms with Gasteiger partial charge in [-0.3, -0.25) is 0 Å². The van der Waals surface area contributed by atoms with E-state index in [4.69, 9.17) is 0 Å². The first kappa shape index (κ1) is 14.1. The lowest BCUT2D eigenvalue weighted by atomic mass is 10.2. The highest BCUT2D eigenvalue weighted by Crippen LogP contribution is 2.25. The fraction of sp³-hybridized carbons (Fsp3) is 0.389. The standard InChI is InChI=1S/C18H23N3/c1-3-21(17-8-4-14(2)5-9-17)18-12-15(10-11-19-18)13-20-16-6-7-16/h4-5,8-12,16,20H,3,6-7,13H2,1-2H3. The molecule has 2 aromatic rings. The molecule has 0 atom stereocenters. The van der Waals surface area contributed by atoms with Crippen molar-refractivity contribution in [3.63, 3.8) is 0 Å². The van der Waals surface area contributed by atoms with Crippen molar-refractivity contribution in [3.8, 4) is 0 Å². The Hall–Kier alpha value is -1.87. The molecule has 0 amide bonds. The number of hydrogen-bond donors (Lipinski definition) is 1. The van der Waals surface area contributed by atoms with E-state index < -0.39 is 0 Å². The minimum atomic E-state index is 0.737. The maximum Gasteiger partial charge on any atom is 0.133 e. The van der Waals surface area contributed by atoms with Crippen molar-refractivity contribution in [2.75, 3.05) is 11.4 Å². The van der Waals surface area contributed by atoms with Crippen LogP contribution in [0.15, 0.2) is 42.6 Å². The first-order valence-electron chi connectivity index (χ1n) is 7.79. The second kappa shape index (κ2) is 6.27. The Labute approximate surface area is 127 Å². The van der Waals surface area contributed by atoms with E-state index in [0.29, 0.717) is 0 Å². The second-order valence-corrected chi connectivity index (χ2v) is 5.76. The van der Waals surface area contributed by atoms with Crippen LogP contribution in [0.2, 0.25) is 0 Å². The van der Waals surface area contributed by atoms with Gasteiger partial charge in [0.05, 0.1) is 0 Å². The number of anilines is 2. The average molecular weight is 281 g/mol. The van der Waals surface area contributed by atoms with Gasteiger partial charge in [0.25, 0.3) is 0 Å². The second-order valence-electron chi connectivity index (χ2n) is 5.76. The molecular formula is C18H23N3. The predicted octanol–water partition coefficient (Wildman–Crippen LogP) is 3.80. The van der Waals surface area contributed by atoms with Crippen LogP contribution in [-0.2, 0) is 6.54 Å². The van der Waals surface area contributed by atoms with E-state index in [1.54, 1.807) is 0 Å². The highest BCUT2D eigenvalue weighted by atomic mass is 15.2. The number of pyridine rings is 1. The maximum absolute atomic E-state index is 4.55. The Morgan fingerprint density at radius 1 is 1.19 bits per heavy atom. The SMILES string of the molecule is CCN(c1ccc(C)cc1)c1cc(CNC2CC2)ccn1. The van der Waals surface area contributed by atoms with Gasteiger partial charge in [0.15, 0.2) is 0 Å². The summed E-state index contributed by atoms with van der Waals surface area (Å²) in [6.07, 6.45) is 4.56. The highest BCUT2D eigenvalue weighted by Gasteiger charge is 2.20. The summed E-state index contributed by atoms with van der Waals surface area (Å²) in [7, 11) is 0. The predicted molar refractivity (Wildman–Crippen MR) is 88.0 cm³/mol. The van der Waals surface area contributed by atoms with Gasteiger partial charge >= 0.3 is 0 Å². The largest absolute Gasteiger partial charge is 0.327 e. The fourth-order valence-corrected chi connectivity index (χ4v) is 2.47. The van der Waals surface area contributed by atoms with Crippen LogP contribution in [-0.4, -0.2) is 17.6 Å². The molecule has 0 spiro atoms. The van der Waals surface area contributed by atoms with E-state index in [9.17, 15) is 0 Å². The van der Waals surface area contributed by atoms with Gasteiger partial charge < -0.3 is 10.2 Å². The van der Waals surface area contributed by atoms with Gasteiger partial charge in [-0.1, -0.05) is 17.7 Å². The molecule has 1 saturated carbocycles. The Morgan fingerprint density at radius 2 is 1.95 bits per heavy atom. The van der Waals surface area contributed by atoms with E-state index in [-0.39, 0.29) is 0 Å². The summed E-state index contributed by atoms with van der Waals surface area (Å²) in [6, 6.07) is 13.7. The summed E-state index contributed by atoms with van der Waals surface area (Å²) in [5, 5.41) is 3.56. The van der Waals surface area contributed by atoms with Crippen LogP contribution in [0.3, 0.4) is 0 Å². The zero-order chi connectivity index (χ0) is 14.7. The zero-order valence-electron chi connectivity index (χ0n) is 12.8. The van der Waals surface area contributed by atoms with Gasteiger partial charge in [-0.15, -0.1) is 0 Å². The number of hydrogen-bond acceptors (Lipinski definition) is 3. The van der Waals surface area contributed by atoms with Crippen molar-refractivity contribution >= 4 is 11.5 Å². The Balaban J connectivity index is 1.78. The first-order valence-corrected chi connectivity index (χ1v) is 7.79. The maximum atomic E-state index is 4.55. The van der Waals surface area contributed by atoms with Crippen molar-refractivity contribution in [2.45, 2.75) is 39.3 Å². The number of nitrogens with one attached hydrogen (secondary N) is 1. The normalized spacial score (nSPS) is 14.2. The summed E-state index contributed by atoms with van der Waals surface area (Å²) in [4.78, 5) is 6.80. The molecule has 1 aromatic carbocycles. The van der Waals surface area contributed by atoms with E-state index >= 15 is 0 Å². The number of aromatic nitrogens is 1. The molecule has 3 nitrogen and oxygen atoms in total. The monoisotopic (exact) mass is 281 g/mol. The molecule has 0 saturated heterocycles. The van der Waals surface area contributed by atoms with Gasteiger partial charge in [-0.05, 0) is 56.5 Å². The van der Waals surface area contributed by atoms with E-state index in [1.165, 1.54) is 29.7 Å². The Bertz CT molecular complexity index is 588. The molecule has 1 fully saturated rings. The van der Waals surface area contributed by atoms with Crippen LogP contribution in [0.5, 0.6) is 0 Å². The molecule has 1 N–H and O–H groups in total. The van der Waals surface area contributed by atoms with Gasteiger partial charge in [0.1, 0.15) is 5.82 Å². The molecule has 1 aliphatic rings. The smallest absolute Gasteiger partial charge is 0.133 e. The third kappa shape index (κ3) is 3.61. The quantitative estimate of drug-likeness (QED) is 0.873. The molecule has 0 unspecified atom stereocenters. The highest BCUT2D eigenvalue weighted by molar-refractivity contribution is 5.60. The van der Waals surface area contributed by atoms with Crippen molar-refractivity contribution in [1.29, 1.82) is 0 Å². The number of aryl methyl sites for hydroxylation is 1. The van der Waals surface area contributed by atoms with Gasteiger partial charge in [0, 0.05) is 31.0 Å². The van der Waals surface area contributed by atoms with Crippen LogP contribution >= 0.6 is 0 Å². The van der Waals surface area contributed by atoms with Crippen LogP contribution in [0.4, 0.5) is 11.5 Å². The number of benzene rings is 1. The van der Waals surface area contributed by atoms with Crippen LogP contribution in [0, 0.1) is 6.92 Å². The lowest BCUT2D eigenvalue weighted by Crippen LogP contribution is -2.19. The molecule has 1 aromatic heterocycles. The third-order valence-corrected chi connectivity index (χ3v) is 3.92. The molecule has 110 valence electrons. The summed E-state index contributed by atoms with van der Waals surface area (Å²) in [6.45, 7) is 6.13. The zero-order valence-corrected chi connectivity index (χ0v) is 12.8. The first-order chi connectivity index (χ1) is 10.3. The van der Waals surface area contributed by atoms with Crippen LogP contribution in [0.25, 0.3) is 0 Å². The minimum absolute atomic E-state index is 0.737. The van der Waals surface area contributed by atoms with Crippen LogP contribution < -0.4 is 10.2 Å². The Morgan fingerprint density at radius 3 is 2.62 bits per heavy atom. The molecule has 0 aliphatic heterocycles. The fourth-order valence-electron chi connectivity index (χ4n) is 2.47. The van der Waals surface area contributed by atoms with E-state index in [0.717, 1.165) is 24.9 Å². The third-order valence-electron chi connectivity index (χ3n) is 3.92. The van der Waals surface area contributed by atoms with Gasteiger partial charge in [-0.25, -0.2) is 4.98 Å². The summed E-state index contributed by atoms with van der Waals surface area (Å²) < 4.78 is 0. The van der Waals surface area contributed by atoms with Gasteiger partial charge in [0.2, 0.25) is 0 Å².